The zero-order chi connectivity index (χ0) is 20.0. The molecule has 6 nitrogen and oxygen atoms in total. The maximum absolute atomic E-state index is 12.9. The number of carbonyl (C=O) groups is 2. The molecule has 2 aliphatic heterocycles. The second-order valence-electron chi connectivity index (χ2n) is 8.08. The Hall–Kier alpha value is -3.15. The summed E-state index contributed by atoms with van der Waals surface area (Å²) in [5.74, 6) is -0.636. The number of carbonyl (C=O) groups excluding carboxylic acids is 2. The molecule has 1 aromatic heterocycles. The molecule has 1 N–H and O–H groups in total. The average Bonchev–Trinajstić information content (AvgIpc) is 3.32. The smallest absolute Gasteiger partial charge is 0.295 e. The van der Waals surface area contributed by atoms with Gasteiger partial charge in [-0.2, -0.15) is 0 Å². The topological polar surface area (TPSA) is 69.3 Å². The molecule has 1 amide bonds. The summed E-state index contributed by atoms with van der Waals surface area (Å²) in [5.41, 5.74) is 3.74. The number of amides is 1. The SMILES string of the molecule is CC1C(=O)C(=O)N(c2ccc3nc[nH]c3c2)C1C1CCN(c2ccccc2)CC1. The molecule has 0 bridgehead atoms. The number of H-pyrrole nitrogens is 1. The van der Waals surface area contributed by atoms with Crippen molar-refractivity contribution in [3.8, 4) is 0 Å². The minimum atomic E-state index is -0.383. The second-order valence-corrected chi connectivity index (χ2v) is 8.08. The number of nitrogens with zero attached hydrogens (tertiary/aromatic N) is 3. The highest BCUT2D eigenvalue weighted by atomic mass is 16.2. The van der Waals surface area contributed by atoms with E-state index in [1.165, 1.54) is 5.69 Å². The number of fused-ring (bicyclic) bond motifs is 1. The fraction of sp³-hybridized carbons (Fsp3) is 0.348. The molecule has 29 heavy (non-hydrogen) atoms. The number of anilines is 2. The second kappa shape index (κ2) is 7.03. The Bertz CT molecular complexity index is 1050. The summed E-state index contributed by atoms with van der Waals surface area (Å²) in [6.07, 6.45) is 3.57. The predicted octanol–water partition coefficient (Wildman–Crippen LogP) is 3.40. The Balaban J connectivity index is 1.41. The Morgan fingerprint density at radius 3 is 2.52 bits per heavy atom. The highest BCUT2D eigenvalue weighted by Gasteiger charge is 2.49. The lowest BCUT2D eigenvalue weighted by molar-refractivity contribution is -0.135. The summed E-state index contributed by atoms with van der Waals surface area (Å²) in [4.78, 5) is 37.0. The first-order chi connectivity index (χ1) is 14.1. The molecule has 0 saturated carbocycles. The molecule has 2 aromatic carbocycles. The maximum Gasteiger partial charge on any atom is 0.295 e. The van der Waals surface area contributed by atoms with E-state index in [0.717, 1.165) is 42.7 Å². The van der Waals surface area contributed by atoms with Crippen LogP contribution in [-0.2, 0) is 9.59 Å². The number of hydrogen-bond acceptors (Lipinski definition) is 4. The van der Waals surface area contributed by atoms with Crippen molar-refractivity contribution in [2.24, 2.45) is 11.8 Å². The number of imidazole rings is 1. The van der Waals surface area contributed by atoms with Gasteiger partial charge in [-0.3, -0.25) is 9.59 Å². The van der Waals surface area contributed by atoms with Crippen LogP contribution in [0.1, 0.15) is 19.8 Å². The third-order valence-electron chi connectivity index (χ3n) is 6.48. The number of benzene rings is 2. The van der Waals surface area contributed by atoms with Crippen molar-refractivity contribution in [2.45, 2.75) is 25.8 Å². The Kier molecular flexibility index (Phi) is 4.34. The number of aromatic amines is 1. The van der Waals surface area contributed by atoms with Crippen LogP contribution in [0.2, 0.25) is 0 Å². The van der Waals surface area contributed by atoms with Gasteiger partial charge in [0.05, 0.1) is 23.4 Å². The maximum atomic E-state index is 12.9. The fourth-order valence-corrected chi connectivity index (χ4v) is 4.95. The zero-order valence-corrected chi connectivity index (χ0v) is 16.4. The number of rotatable bonds is 3. The van der Waals surface area contributed by atoms with Crippen LogP contribution >= 0.6 is 0 Å². The van der Waals surface area contributed by atoms with E-state index in [0.29, 0.717) is 5.92 Å². The molecule has 5 rings (SSSR count). The fourth-order valence-electron chi connectivity index (χ4n) is 4.95. The third-order valence-corrected chi connectivity index (χ3v) is 6.48. The molecular formula is C23H24N4O2. The van der Waals surface area contributed by atoms with Crippen LogP contribution in [-0.4, -0.2) is 40.8 Å². The lowest BCUT2D eigenvalue weighted by Crippen LogP contribution is -2.45. The summed E-state index contributed by atoms with van der Waals surface area (Å²) in [7, 11) is 0. The van der Waals surface area contributed by atoms with Crippen molar-refractivity contribution in [3.63, 3.8) is 0 Å². The van der Waals surface area contributed by atoms with Crippen LogP contribution < -0.4 is 9.80 Å². The summed E-state index contributed by atoms with van der Waals surface area (Å²) in [6.45, 7) is 3.78. The number of para-hydroxylation sites is 1. The van der Waals surface area contributed by atoms with E-state index in [4.69, 9.17) is 0 Å². The van der Waals surface area contributed by atoms with Gasteiger partial charge in [-0.1, -0.05) is 25.1 Å². The first kappa shape index (κ1) is 17.9. The zero-order valence-electron chi connectivity index (χ0n) is 16.4. The van der Waals surface area contributed by atoms with E-state index in [2.05, 4.69) is 39.1 Å². The number of aromatic nitrogens is 2. The van der Waals surface area contributed by atoms with E-state index < -0.39 is 0 Å². The van der Waals surface area contributed by atoms with Gasteiger partial charge in [0.1, 0.15) is 0 Å². The van der Waals surface area contributed by atoms with Crippen LogP contribution in [0.3, 0.4) is 0 Å². The van der Waals surface area contributed by atoms with Crippen LogP contribution in [0.15, 0.2) is 54.9 Å². The number of nitrogens with one attached hydrogen (secondary N) is 1. The van der Waals surface area contributed by atoms with Crippen LogP contribution in [0.25, 0.3) is 11.0 Å². The molecule has 2 unspecified atom stereocenters. The predicted molar refractivity (Wildman–Crippen MR) is 113 cm³/mol. The van der Waals surface area contributed by atoms with Crippen LogP contribution in [0, 0.1) is 11.8 Å². The quantitative estimate of drug-likeness (QED) is 0.698. The highest BCUT2D eigenvalue weighted by molar-refractivity contribution is 6.44. The lowest BCUT2D eigenvalue weighted by Gasteiger charge is -2.40. The van der Waals surface area contributed by atoms with Crippen molar-refractivity contribution in [1.29, 1.82) is 0 Å². The van der Waals surface area contributed by atoms with Crippen molar-refractivity contribution >= 4 is 34.1 Å². The first-order valence-corrected chi connectivity index (χ1v) is 10.2. The Morgan fingerprint density at radius 1 is 1.00 bits per heavy atom. The van der Waals surface area contributed by atoms with Gasteiger partial charge in [-0.25, -0.2) is 4.98 Å². The molecular weight excluding hydrogens is 364 g/mol. The molecule has 0 radical (unpaired) electrons. The minimum Gasteiger partial charge on any atom is -0.372 e. The molecule has 2 fully saturated rings. The molecule has 2 saturated heterocycles. The van der Waals surface area contributed by atoms with E-state index >= 15 is 0 Å². The molecule has 148 valence electrons. The molecule has 3 heterocycles. The summed E-state index contributed by atoms with van der Waals surface area (Å²) in [6, 6.07) is 16.1. The first-order valence-electron chi connectivity index (χ1n) is 10.2. The normalized spacial score (nSPS) is 23.3. The van der Waals surface area contributed by atoms with Gasteiger partial charge in [0.2, 0.25) is 5.78 Å². The van der Waals surface area contributed by atoms with Gasteiger partial charge in [-0.15, -0.1) is 0 Å². The molecule has 2 atom stereocenters. The van der Waals surface area contributed by atoms with E-state index in [1.807, 2.05) is 31.2 Å². The molecule has 0 spiro atoms. The highest BCUT2D eigenvalue weighted by Crippen LogP contribution is 2.38. The summed E-state index contributed by atoms with van der Waals surface area (Å²) in [5, 5.41) is 0. The van der Waals surface area contributed by atoms with Crippen molar-refractivity contribution < 1.29 is 9.59 Å². The van der Waals surface area contributed by atoms with Gasteiger partial charge in [0.15, 0.2) is 0 Å². The standard InChI is InChI=1S/C23H24N4O2/c1-15-21(16-9-11-26(12-10-16)17-5-3-2-4-6-17)27(23(29)22(15)28)18-7-8-19-20(13-18)25-14-24-19/h2-8,13-16,21H,9-12H2,1H3,(H,24,25). The van der Waals surface area contributed by atoms with Gasteiger partial charge in [0, 0.05) is 30.4 Å². The Morgan fingerprint density at radius 2 is 1.76 bits per heavy atom. The largest absolute Gasteiger partial charge is 0.372 e. The lowest BCUT2D eigenvalue weighted by atomic mass is 9.82. The van der Waals surface area contributed by atoms with E-state index in [9.17, 15) is 9.59 Å². The van der Waals surface area contributed by atoms with E-state index in [-0.39, 0.29) is 23.7 Å². The molecule has 2 aliphatic rings. The van der Waals surface area contributed by atoms with Gasteiger partial charge in [-0.05, 0) is 49.1 Å². The monoisotopic (exact) mass is 388 g/mol. The molecule has 3 aromatic rings. The van der Waals surface area contributed by atoms with Gasteiger partial charge >= 0.3 is 0 Å². The third kappa shape index (κ3) is 2.99. The average molecular weight is 388 g/mol. The minimum absolute atomic E-state index is 0.0895. The number of ketones is 1. The van der Waals surface area contributed by atoms with Crippen molar-refractivity contribution in [2.75, 3.05) is 22.9 Å². The van der Waals surface area contributed by atoms with Crippen molar-refractivity contribution in [3.05, 3.63) is 54.9 Å². The van der Waals surface area contributed by atoms with Gasteiger partial charge in [0.25, 0.3) is 5.91 Å². The molecule has 0 aliphatic carbocycles. The Labute approximate surface area is 169 Å². The molecule has 6 heteroatoms. The number of Topliss-reactive ketones (excluding diaryl/α,β-unsaturated/α-hetero) is 1. The van der Waals surface area contributed by atoms with Crippen molar-refractivity contribution in [1.82, 2.24) is 9.97 Å². The number of hydrogen-bond donors (Lipinski definition) is 1. The summed E-state index contributed by atoms with van der Waals surface area (Å²) >= 11 is 0. The van der Waals surface area contributed by atoms with Crippen LogP contribution in [0.4, 0.5) is 11.4 Å². The van der Waals surface area contributed by atoms with E-state index in [1.54, 1.807) is 11.2 Å². The van der Waals surface area contributed by atoms with Gasteiger partial charge < -0.3 is 14.8 Å². The summed E-state index contributed by atoms with van der Waals surface area (Å²) < 4.78 is 0. The number of piperidine rings is 1. The van der Waals surface area contributed by atoms with Crippen LogP contribution in [0.5, 0.6) is 0 Å².